The van der Waals surface area contributed by atoms with Crippen molar-refractivity contribution >= 4 is 17.6 Å². The summed E-state index contributed by atoms with van der Waals surface area (Å²) in [6.45, 7) is 0. The molecule has 0 spiro atoms. The Balaban J connectivity index is 1.68. The normalized spacial score (nSPS) is 27.5. The van der Waals surface area contributed by atoms with Crippen molar-refractivity contribution in [3.05, 3.63) is 23.8 Å². The van der Waals surface area contributed by atoms with E-state index in [1.165, 1.54) is 31.0 Å². The van der Waals surface area contributed by atoms with Crippen LogP contribution in [0.4, 0.5) is 5.69 Å². The van der Waals surface area contributed by atoms with Gasteiger partial charge in [-0.05, 0) is 36.8 Å². The highest BCUT2D eigenvalue weighted by atomic mass is 16.4. The number of hydrogen-bond acceptors (Lipinski definition) is 3. The molecule has 2 fully saturated rings. The van der Waals surface area contributed by atoms with Crippen LogP contribution in [0.3, 0.4) is 0 Å². The standard InChI is InChI=1S/C15H17NO4/c17-12-7-8(5-6-11(12)15(19)20)16-14(18)13-9-3-1-2-4-10(9)13/h5-7,9-10,13,17H,1-4H2,(H,16,18)(H,19,20). The summed E-state index contributed by atoms with van der Waals surface area (Å²) in [5.74, 6) is -0.383. The van der Waals surface area contributed by atoms with Crippen LogP contribution in [0.15, 0.2) is 18.2 Å². The second-order valence-electron chi connectivity index (χ2n) is 5.66. The highest BCUT2D eigenvalue weighted by Gasteiger charge is 2.54. The van der Waals surface area contributed by atoms with Crippen LogP contribution in [0, 0.1) is 17.8 Å². The van der Waals surface area contributed by atoms with Gasteiger partial charge in [-0.2, -0.15) is 0 Å². The lowest BCUT2D eigenvalue weighted by Gasteiger charge is -2.06. The quantitative estimate of drug-likeness (QED) is 0.790. The Hall–Kier alpha value is -2.04. The van der Waals surface area contributed by atoms with Crippen molar-refractivity contribution in [2.24, 2.45) is 17.8 Å². The first-order valence-electron chi connectivity index (χ1n) is 6.95. The Labute approximate surface area is 116 Å². The predicted molar refractivity (Wildman–Crippen MR) is 72.6 cm³/mol. The zero-order chi connectivity index (χ0) is 14.3. The van der Waals surface area contributed by atoms with E-state index in [0.29, 0.717) is 17.5 Å². The zero-order valence-corrected chi connectivity index (χ0v) is 11.0. The molecule has 0 aliphatic heterocycles. The number of carboxylic acid groups (broad SMARTS) is 1. The number of hydrogen-bond donors (Lipinski definition) is 3. The van der Waals surface area contributed by atoms with E-state index in [4.69, 9.17) is 5.11 Å². The van der Waals surface area contributed by atoms with Crippen LogP contribution in [-0.2, 0) is 4.79 Å². The Morgan fingerprint density at radius 1 is 1.15 bits per heavy atom. The van der Waals surface area contributed by atoms with Crippen LogP contribution in [0.25, 0.3) is 0 Å². The summed E-state index contributed by atoms with van der Waals surface area (Å²) in [5, 5.41) is 21.2. The highest BCUT2D eigenvalue weighted by Crippen LogP contribution is 2.55. The number of carbonyl (C=O) groups is 2. The maximum Gasteiger partial charge on any atom is 0.339 e. The van der Waals surface area contributed by atoms with E-state index < -0.39 is 5.97 Å². The van der Waals surface area contributed by atoms with Gasteiger partial charge in [-0.3, -0.25) is 4.79 Å². The number of amides is 1. The SMILES string of the molecule is O=C(O)c1ccc(NC(=O)C2C3CCCCC32)cc1O. The van der Waals surface area contributed by atoms with Gasteiger partial charge in [0.05, 0.1) is 0 Å². The van der Waals surface area contributed by atoms with E-state index in [0.717, 1.165) is 12.8 Å². The van der Waals surface area contributed by atoms with Gasteiger partial charge in [-0.15, -0.1) is 0 Å². The van der Waals surface area contributed by atoms with Crippen molar-refractivity contribution in [3.63, 3.8) is 0 Å². The minimum absolute atomic E-state index is 0.00984. The molecule has 2 aliphatic rings. The largest absolute Gasteiger partial charge is 0.507 e. The van der Waals surface area contributed by atoms with E-state index in [1.807, 2.05) is 0 Å². The highest BCUT2D eigenvalue weighted by molar-refractivity contribution is 5.96. The van der Waals surface area contributed by atoms with Gasteiger partial charge >= 0.3 is 5.97 Å². The van der Waals surface area contributed by atoms with Crippen molar-refractivity contribution in [2.45, 2.75) is 25.7 Å². The van der Waals surface area contributed by atoms with Crippen LogP contribution >= 0.6 is 0 Å². The van der Waals surface area contributed by atoms with Crippen molar-refractivity contribution in [1.29, 1.82) is 0 Å². The Kier molecular flexibility index (Phi) is 3.12. The Morgan fingerprint density at radius 3 is 2.35 bits per heavy atom. The molecular weight excluding hydrogens is 258 g/mol. The summed E-state index contributed by atoms with van der Waals surface area (Å²) >= 11 is 0. The molecule has 0 saturated heterocycles. The lowest BCUT2D eigenvalue weighted by molar-refractivity contribution is -0.117. The van der Waals surface area contributed by atoms with Crippen molar-refractivity contribution in [1.82, 2.24) is 0 Å². The second kappa shape index (κ2) is 4.81. The van der Waals surface area contributed by atoms with Gasteiger partial charge in [0.1, 0.15) is 11.3 Å². The number of nitrogens with one attached hydrogen (secondary N) is 1. The maximum atomic E-state index is 12.2. The molecular formula is C15H17NO4. The average Bonchev–Trinajstić information content (AvgIpc) is 3.12. The average molecular weight is 275 g/mol. The number of aromatic hydroxyl groups is 1. The summed E-state index contributed by atoms with van der Waals surface area (Å²) < 4.78 is 0. The van der Waals surface area contributed by atoms with Gasteiger partial charge < -0.3 is 15.5 Å². The maximum absolute atomic E-state index is 12.2. The molecule has 5 heteroatoms. The third kappa shape index (κ3) is 2.24. The molecule has 5 nitrogen and oxygen atoms in total. The third-order valence-electron chi connectivity index (χ3n) is 4.45. The molecule has 2 unspecified atom stereocenters. The lowest BCUT2D eigenvalue weighted by Crippen LogP contribution is -2.15. The third-order valence-corrected chi connectivity index (χ3v) is 4.45. The molecule has 0 radical (unpaired) electrons. The fourth-order valence-electron chi connectivity index (χ4n) is 3.40. The summed E-state index contributed by atoms with van der Waals surface area (Å²) in [6.07, 6.45) is 4.68. The number of phenols is 1. The van der Waals surface area contributed by atoms with Crippen LogP contribution in [-0.4, -0.2) is 22.1 Å². The number of carbonyl (C=O) groups excluding carboxylic acids is 1. The number of carboxylic acids is 1. The van der Waals surface area contributed by atoms with Crippen LogP contribution in [0.1, 0.15) is 36.0 Å². The van der Waals surface area contributed by atoms with Gasteiger partial charge in [-0.1, -0.05) is 12.8 Å². The molecule has 1 amide bonds. The summed E-state index contributed by atoms with van der Waals surface area (Å²) in [6, 6.07) is 4.09. The number of anilines is 1. The Bertz CT molecular complexity index is 557. The summed E-state index contributed by atoms with van der Waals surface area (Å²) in [5.41, 5.74) is 0.282. The first kappa shape index (κ1) is 13.0. The molecule has 2 atom stereocenters. The molecule has 106 valence electrons. The van der Waals surface area contributed by atoms with E-state index in [-0.39, 0.29) is 23.1 Å². The monoisotopic (exact) mass is 275 g/mol. The summed E-state index contributed by atoms with van der Waals surface area (Å²) in [7, 11) is 0. The van der Waals surface area contributed by atoms with Crippen LogP contribution in [0.2, 0.25) is 0 Å². The molecule has 3 N–H and O–H groups in total. The first-order chi connectivity index (χ1) is 9.58. The molecule has 1 aromatic carbocycles. The molecule has 20 heavy (non-hydrogen) atoms. The van der Waals surface area contributed by atoms with E-state index >= 15 is 0 Å². The molecule has 2 aliphatic carbocycles. The molecule has 2 saturated carbocycles. The van der Waals surface area contributed by atoms with Crippen LogP contribution < -0.4 is 5.32 Å². The molecule has 3 rings (SSSR count). The minimum Gasteiger partial charge on any atom is -0.507 e. The number of aromatic carboxylic acids is 1. The van der Waals surface area contributed by atoms with Crippen molar-refractivity contribution in [2.75, 3.05) is 5.32 Å². The van der Waals surface area contributed by atoms with E-state index in [2.05, 4.69) is 5.32 Å². The zero-order valence-electron chi connectivity index (χ0n) is 11.0. The van der Waals surface area contributed by atoms with Crippen LogP contribution in [0.5, 0.6) is 5.75 Å². The topological polar surface area (TPSA) is 86.6 Å². The van der Waals surface area contributed by atoms with E-state index in [1.54, 1.807) is 0 Å². The lowest BCUT2D eigenvalue weighted by atomic mass is 10.0. The molecule has 1 aromatic rings. The smallest absolute Gasteiger partial charge is 0.339 e. The van der Waals surface area contributed by atoms with Crippen molar-refractivity contribution in [3.8, 4) is 5.75 Å². The van der Waals surface area contributed by atoms with Gasteiger partial charge in [-0.25, -0.2) is 4.79 Å². The number of benzene rings is 1. The van der Waals surface area contributed by atoms with Crippen molar-refractivity contribution < 1.29 is 19.8 Å². The second-order valence-corrected chi connectivity index (χ2v) is 5.66. The fraction of sp³-hybridized carbons (Fsp3) is 0.467. The van der Waals surface area contributed by atoms with Gasteiger partial charge in [0.15, 0.2) is 0 Å². The van der Waals surface area contributed by atoms with Gasteiger partial charge in [0.2, 0.25) is 5.91 Å². The fourth-order valence-corrected chi connectivity index (χ4v) is 3.40. The molecule has 0 bridgehead atoms. The summed E-state index contributed by atoms with van der Waals surface area (Å²) in [4.78, 5) is 23.0. The molecule has 0 aromatic heterocycles. The Morgan fingerprint density at radius 2 is 1.80 bits per heavy atom. The van der Waals surface area contributed by atoms with Gasteiger partial charge in [0, 0.05) is 17.7 Å². The number of rotatable bonds is 3. The minimum atomic E-state index is -1.19. The number of fused-ring (bicyclic) bond motifs is 1. The molecule has 0 heterocycles. The van der Waals surface area contributed by atoms with Gasteiger partial charge in [0.25, 0.3) is 0 Å². The predicted octanol–water partition coefficient (Wildman–Crippen LogP) is 2.47. The first-order valence-corrected chi connectivity index (χ1v) is 6.95. The van der Waals surface area contributed by atoms with E-state index in [9.17, 15) is 14.7 Å².